The van der Waals surface area contributed by atoms with E-state index in [1.807, 2.05) is 19.1 Å². The molecule has 0 radical (unpaired) electrons. The highest BCUT2D eigenvalue weighted by molar-refractivity contribution is 7.89. The highest BCUT2D eigenvalue weighted by Gasteiger charge is 2.17. The van der Waals surface area contributed by atoms with Crippen molar-refractivity contribution >= 4 is 31.6 Å². The molecule has 160 valence electrons. The van der Waals surface area contributed by atoms with E-state index in [4.69, 9.17) is 0 Å². The number of rotatable bonds is 8. The SMILES string of the molecule is CCCn1c(=O)sc2cc(S(=O)(=O)NCc3cccc(CN4CCCC4)c3)ccc21. The number of nitrogens with one attached hydrogen (secondary N) is 1. The molecule has 1 aliphatic rings. The molecule has 6 nitrogen and oxygen atoms in total. The van der Waals surface area contributed by atoms with E-state index in [-0.39, 0.29) is 16.3 Å². The summed E-state index contributed by atoms with van der Waals surface area (Å²) in [5.74, 6) is 0. The number of aromatic nitrogens is 1. The Balaban J connectivity index is 1.48. The molecular weight excluding hydrogens is 418 g/mol. The number of thiazole rings is 1. The van der Waals surface area contributed by atoms with Gasteiger partial charge in [0.1, 0.15) is 0 Å². The number of sulfonamides is 1. The van der Waals surface area contributed by atoms with E-state index >= 15 is 0 Å². The second-order valence-electron chi connectivity index (χ2n) is 7.78. The zero-order valence-electron chi connectivity index (χ0n) is 17.1. The number of hydrogen-bond acceptors (Lipinski definition) is 5. The normalized spacial score (nSPS) is 15.2. The first-order valence-electron chi connectivity index (χ1n) is 10.4. The molecule has 1 saturated heterocycles. The number of hydrogen-bond donors (Lipinski definition) is 1. The summed E-state index contributed by atoms with van der Waals surface area (Å²) in [5.41, 5.74) is 2.94. The number of likely N-dealkylation sites (tertiary alicyclic amines) is 1. The molecule has 0 bridgehead atoms. The Bertz CT molecular complexity index is 1190. The van der Waals surface area contributed by atoms with Crippen molar-refractivity contribution < 1.29 is 8.42 Å². The van der Waals surface area contributed by atoms with Crippen molar-refractivity contribution in [2.45, 2.75) is 50.7 Å². The minimum absolute atomic E-state index is 0.0517. The van der Waals surface area contributed by atoms with Crippen LogP contribution < -0.4 is 9.60 Å². The van der Waals surface area contributed by atoms with Gasteiger partial charge in [-0.1, -0.05) is 42.5 Å². The van der Waals surface area contributed by atoms with Crippen LogP contribution in [-0.4, -0.2) is 31.0 Å². The van der Waals surface area contributed by atoms with Gasteiger partial charge in [-0.2, -0.15) is 0 Å². The van der Waals surface area contributed by atoms with Crippen LogP contribution in [0.1, 0.15) is 37.3 Å². The predicted octanol–water partition coefficient (Wildman–Crippen LogP) is 3.55. The quantitative estimate of drug-likeness (QED) is 0.576. The Labute approximate surface area is 181 Å². The zero-order chi connectivity index (χ0) is 21.1. The van der Waals surface area contributed by atoms with Gasteiger partial charge in [-0.25, -0.2) is 13.1 Å². The predicted molar refractivity (Wildman–Crippen MR) is 121 cm³/mol. The summed E-state index contributed by atoms with van der Waals surface area (Å²) in [6.45, 7) is 6.05. The molecule has 2 heterocycles. The number of fused-ring (bicyclic) bond motifs is 1. The number of aryl methyl sites for hydroxylation is 1. The highest BCUT2D eigenvalue weighted by atomic mass is 32.2. The Morgan fingerprint density at radius 1 is 1.07 bits per heavy atom. The number of benzene rings is 2. The Kier molecular flexibility index (Phi) is 6.38. The van der Waals surface area contributed by atoms with Crippen LogP contribution in [0, 0.1) is 0 Å². The molecule has 1 aliphatic heterocycles. The summed E-state index contributed by atoms with van der Waals surface area (Å²) in [7, 11) is -3.67. The fourth-order valence-corrected chi connectivity index (χ4v) is 6.02. The molecule has 0 atom stereocenters. The van der Waals surface area contributed by atoms with Crippen molar-refractivity contribution in [3.63, 3.8) is 0 Å². The molecule has 0 amide bonds. The summed E-state index contributed by atoms with van der Waals surface area (Å²) < 4.78 is 30.8. The molecule has 3 aromatic rings. The molecule has 1 N–H and O–H groups in total. The maximum absolute atomic E-state index is 12.8. The third-order valence-electron chi connectivity index (χ3n) is 5.46. The van der Waals surface area contributed by atoms with Gasteiger partial charge in [-0.15, -0.1) is 0 Å². The van der Waals surface area contributed by atoms with Crippen LogP contribution in [0.2, 0.25) is 0 Å². The maximum atomic E-state index is 12.8. The topological polar surface area (TPSA) is 71.4 Å². The van der Waals surface area contributed by atoms with E-state index in [1.54, 1.807) is 22.8 Å². The monoisotopic (exact) mass is 445 g/mol. The summed E-state index contributed by atoms with van der Waals surface area (Å²) in [4.78, 5) is 14.7. The van der Waals surface area contributed by atoms with Gasteiger partial charge in [0, 0.05) is 19.6 Å². The van der Waals surface area contributed by atoms with Crippen molar-refractivity contribution in [2.75, 3.05) is 13.1 Å². The minimum atomic E-state index is -3.67. The van der Waals surface area contributed by atoms with E-state index in [1.165, 1.54) is 18.4 Å². The van der Waals surface area contributed by atoms with Crippen molar-refractivity contribution in [2.24, 2.45) is 0 Å². The Hall–Kier alpha value is -2.00. The van der Waals surface area contributed by atoms with Crippen LogP contribution >= 0.6 is 11.3 Å². The summed E-state index contributed by atoms with van der Waals surface area (Å²) in [6.07, 6.45) is 3.35. The molecule has 2 aromatic carbocycles. The van der Waals surface area contributed by atoms with Crippen LogP contribution in [0.3, 0.4) is 0 Å². The molecule has 0 saturated carbocycles. The van der Waals surface area contributed by atoms with Gasteiger partial charge >= 0.3 is 4.87 Å². The third-order valence-corrected chi connectivity index (χ3v) is 7.80. The lowest BCUT2D eigenvalue weighted by atomic mass is 10.1. The van der Waals surface area contributed by atoms with Gasteiger partial charge in [0.15, 0.2) is 0 Å². The van der Waals surface area contributed by atoms with Crippen LogP contribution in [0.15, 0.2) is 52.2 Å². The lowest BCUT2D eigenvalue weighted by Crippen LogP contribution is -2.23. The van der Waals surface area contributed by atoms with E-state index in [2.05, 4.69) is 21.8 Å². The fraction of sp³-hybridized carbons (Fsp3) is 0.409. The van der Waals surface area contributed by atoms with Crippen molar-refractivity contribution in [1.29, 1.82) is 0 Å². The zero-order valence-corrected chi connectivity index (χ0v) is 18.8. The second kappa shape index (κ2) is 9.01. The molecule has 0 spiro atoms. The highest BCUT2D eigenvalue weighted by Crippen LogP contribution is 2.22. The van der Waals surface area contributed by atoms with E-state index in [0.29, 0.717) is 11.2 Å². The van der Waals surface area contributed by atoms with Crippen LogP contribution in [0.4, 0.5) is 0 Å². The van der Waals surface area contributed by atoms with Gasteiger partial charge in [-0.05, 0) is 61.7 Å². The molecule has 30 heavy (non-hydrogen) atoms. The van der Waals surface area contributed by atoms with E-state index in [0.717, 1.165) is 48.5 Å². The summed E-state index contributed by atoms with van der Waals surface area (Å²) in [6, 6.07) is 13.0. The van der Waals surface area contributed by atoms with Crippen molar-refractivity contribution in [3.8, 4) is 0 Å². The molecule has 1 aromatic heterocycles. The molecule has 8 heteroatoms. The molecular formula is C22H27N3O3S2. The Morgan fingerprint density at radius 2 is 1.83 bits per heavy atom. The Morgan fingerprint density at radius 3 is 2.60 bits per heavy atom. The average Bonchev–Trinajstić information content (AvgIpc) is 3.34. The second-order valence-corrected chi connectivity index (χ2v) is 10.5. The van der Waals surface area contributed by atoms with Crippen LogP contribution in [0.25, 0.3) is 10.2 Å². The molecule has 1 fully saturated rings. The van der Waals surface area contributed by atoms with Crippen molar-refractivity contribution in [3.05, 3.63) is 63.3 Å². The third kappa shape index (κ3) is 4.67. The standard InChI is InChI=1S/C22H27N3O3S2/c1-2-10-25-20-9-8-19(14-21(20)29-22(25)26)30(27,28)23-15-17-6-5-7-18(13-17)16-24-11-3-4-12-24/h5-9,13-14,23H,2-4,10-12,15-16H2,1H3. The van der Waals surface area contributed by atoms with E-state index < -0.39 is 10.0 Å². The fourth-order valence-electron chi connectivity index (χ4n) is 3.95. The smallest absolute Gasteiger partial charge is 0.299 e. The average molecular weight is 446 g/mol. The molecule has 0 unspecified atom stereocenters. The largest absolute Gasteiger partial charge is 0.308 e. The molecule has 4 rings (SSSR count). The van der Waals surface area contributed by atoms with Crippen molar-refractivity contribution in [1.82, 2.24) is 14.2 Å². The number of nitrogens with zero attached hydrogens (tertiary/aromatic N) is 2. The van der Waals surface area contributed by atoms with E-state index in [9.17, 15) is 13.2 Å². The first-order chi connectivity index (χ1) is 14.5. The van der Waals surface area contributed by atoms with Gasteiger partial charge < -0.3 is 0 Å². The lowest BCUT2D eigenvalue weighted by Gasteiger charge is -2.15. The first-order valence-corrected chi connectivity index (χ1v) is 12.7. The van der Waals surface area contributed by atoms with Crippen LogP contribution in [0.5, 0.6) is 0 Å². The summed E-state index contributed by atoms with van der Waals surface area (Å²) in [5, 5.41) is 0. The molecule has 0 aliphatic carbocycles. The van der Waals surface area contributed by atoms with Gasteiger partial charge in [-0.3, -0.25) is 14.3 Å². The maximum Gasteiger partial charge on any atom is 0.308 e. The van der Waals surface area contributed by atoms with Gasteiger partial charge in [0.25, 0.3) is 0 Å². The minimum Gasteiger partial charge on any atom is -0.299 e. The van der Waals surface area contributed by atoms with Gasteiger partial charge in [0.2, 0.25) is 10.0 Å². The van der Waals surface area contributed by atoms with Gasteiger partial charge in [0.05, 0.1) is 15.1 Å². The van der Waals surface area contributed by atoms with Crippen LogP contribution in [-0.2, 0) is 29.7 Å². The lowest BCUT2D eigenvalue weighted by molar-refractivity contribution is 0.331. The summed E-state index contributed by atoms with van der Waals surface area (Å²) >= 11 is 1.09. The first kappa shape index (κ1) is 21.2.